The van der Waals surface area contributed by atoms with Gasteiger partial charge in [0.2, 0.25) is 0 Å². The number of halogens is 1. The Morgan fingerprint density at radius 2 is 1.83 bits per heavy atom. The molecule has 0 N–H and O–H groups in total. The standard InChI is InChI=1S/C15H29Si.ClH.Zn/c1-7-9-10-11-12-15(14(3)8-2)13-16(4,5)6;;/h8,14H,2,7,9-12H2,1,3-6H3;1H;/q-1;;+2/p-1. The van der Waals surface area contributed by atoms with Crippen LogP contribution in [-0.2, 0) is 17.3 Å². The molecule has 0 saturated carbocycles. The van der Waals surface area contributed by atoms with E-state index in [1.54, 1.807) is 0 Å². The van der Waals surface area contributed by atoms with Gasteiger partial charge in [-0.15, -0.1) is 14.7 Å². The number of hydrogen-bond acceptors (Lipinski definition) is 0. The summed E-state index contributed by atoms with van der Waals surface area (Å²) in [5.41, 5.74) is 5.27. The van der Waals surface area contributed by atoms with E-state index in [0.29, 0.717) is 5.92 Å². The molecule has 0 spiro atoms. The minimum absolute atomic E-state index is 0.508. The first-order chi connectivity index (χ1) is 8.40. The Morgan fingerprint density at radius 3 is 2.22 bits per heavy atom. The molecule has 0 heterocycles. The van der Waals surface area contributed by atoms with E-state index in [-0.39, 0.29) is 0 Å². The molecule has 0 rings (SSSR count). The minimum atomic E-state index is -1.20. The van der Waals surface area contributed by atoms with Crippen LogP contribution in [0.3, 0.4) is 0 Å². The maximum absolute atomic E-state index is 4.76. The van der Waals surface area contributed by atoms with Gasteiger partial charge < -0.3 is 5.70 Å². The van der Waals surface area contributed by atoms with E-state index in [4.69, 9.17) is 9.69 Å². The first kappa shape index (κ1) is 20.9. The van der Waals surface area contributed by atoms with Crippen molar-refractivity contribution in [3.8, 4) is 0 Å². The summed E-state index contributed by atoms with van der Waals surface area (Å²) in [7, 11) is 3.56. The summed E-state index contributed by atoms with van der Waals surface area (Å²) in [6, 6.07) is 0. The molecule has 1 unspecified atom stereocenters. The Balaban J connectivity index is 0. The predicted octanol–water partition coefficient (Wildman–Crippen LogP) is 6.07. The van der Waals surface area contributed by atoms with Crippen molar-refractivity contribution in [2.24, 2.45) is 5.92 Å². The van der Waals surface area contributed by atoms with Crippen LogP contribution in [0.5, 0.6) is 0 Å². The van der Waals surface area contributed by atoms with Crippen molar-refractivity contribution < 1.29 is 17.3 Å². The summed E-state index contributed by atoms with van der Waals surface area (Å²) in [4.78, 5) is 0. The Labute approximate surface area is 130 Å². The van der Waals surface area contributed by atoms with Gasteiger partial charge in [0.25, 0.3) is 0 Å². The third kappa shape index (κ3) is 13.1. The van der Waals surface area contributed by atoms with Crippen molar-refractivity contribution in [3.05, 3.63) is 23.9 Å². The van der Waals surface area contributed by atoms with Gasteiger partial charge in [-0.05, 0) is 5.92 Å². The van der Waals surface area contributed by atoms with Crippen LogP contribution in [0.15, 0.2) is 18.2 Å². The van der Waals surface area contributed by atoms with Crippen LogP contribution in [0.2, 0.25) is 19.6 Å². The molecule has 0 saturated heterocycles. The van der Waals surface area contributed by atoms with Crippen LogP contribution in [0.25, 0.3) is 0 Å². The van der Waals surface area contributed by atoms with Gasteiger partial charge in [-0.3, -0.25) is 5.57 Å². The first-order valence-electron chi connectivity index (χ1n) is 6.94. The molecule has 18 heavy (non-hydrogen) atoms. The van der Waals surface area contributed by atoms with E-state index < -0.39 is 8.07 Å². The van der Waals surface area contributed by atoms with Crippen LogP contribution in [0, 0.1) is 11.6 Å². The second kappa shape index (κ2) is 12.6. The Hall–Kier alpha value is 0.610. The quantitative estimate of drug-likeness (QED) is 0.218. The van der Waals surface area contributed by atoms with Crippen molar-refractivity contribution in [3.63, 3.8) is 0 Å². The molecule has 102 valence electrons. The predicted molar refractivity (Wildman–Crippen MR) is 84.1 cm³/mol. The molecule has 0 aliphatic carbocycles. The Kier molecular flexibility index (Phi) is 14.7. The van der Waals surface area contributed by atoms with Crippen LogP contribution in [0.4, 0.5) is 0 Å². The normalized spacial score (nSPS) is 13.7. The second-order valence-electron chi connectivity index (χ2n) is 5.74. The summed E-state index contributed by atoms with van der Waals surface area (Å²) < 4.78 is 0. The molecule has 0 radical (unpaired) electrons. The molecule has 0 amide bonds. The van der Waals surface area contributed by atoms with Gasteiger partial charge in [0, 0.05) is 0 Å². The van der Waals surface area contributed by atoms with E-state index in [2.05, 4.69) is 51.8 Å². The SMILES string of the molecule is C=CC(C)C(=[C-][Si](C)(C)C)CCCCCC.[Cl][Zn+]. The molecule has 0 aliphatic rings. The summed E-state index contributed by atoms with van der Waals surface area (Å²) in [6.45, 7) is 15.5. The Bertz CT molecular complexity index is 231. The van der Waals surface area contributed by atoms with Crippen molar-refractivity contribution >= 4 is 17.8 Å². The molecule has 3 heteroatoms. The van der Waals surface area contributed by atoms with Crippen molar-refractivity contribution in [1.82, 2.24) is 0 Å². The zero-order chi connectivity index (χ0) is 14.6. The molecule has 0 bridgehead atoms. The zero-order valence-corrected chi connectivity index (χ0v) is 17.7. The zero-order valence-electron chi connectivity index (χ0n) is 13.0. The summed E-state index contributed by atoms with van der Waals surface area (Å²) in [6.07, 6.45) is 8.63. The number of hydrogen-bond donors (Lipinski definition) is 0. The van der Waals surface area contributed by atoms with E-state index in [1.807, 2.05) is 0 Å². The van der Waals surface area contributed by atoms with E-state index in [9.17, 15) is 0 Å². The molecule has 0 aromatic heterocycles. The van der Waals surface area contributed by atoms with E-state index >= 15 is 0 Å². The van der Waals surface area contributed by atoms with E-state index in [0.717, 1.165) is 17.3 Å². The first-order valence-corrected chi connectivity index (χ1v) is 14.3. The van der Waals surface area contributed by atoms with Crippen molar-refractivity contribution in [2.45, 2.75) is 65.6 Å². The molecular weight excluding hydrogens is 309 g/mol. The number of allylic oxidation sites excluding steroid dienone is 2. The van der Waals surface area contributed by atoms with Gasteiger partial charge in [-0.25, -0.2) is 0 Å². The fourth-order valence-electron chi connectivity index (χ4n) is 1.77. The summed E-state index contributed by atoms with van der Waals surface area (Å²) >= 11 is 0.847. The average molecular weight is 338 g/mol. The third-order valence-corrected chi connectivity index (χ3v) is 3.81. The fourth-order valence-corrected chi connectivity index (χ4v) is 3.09. The molecule has 0 fully saturated rings. The topological polar surface area (TPSA) is 0 Å². The number of unbranched alkanes of at least 4 members (excludes halogenated alkanes) is 3. The van der Waals surface area contributed by atoms with Gasteiger partial charge >= 0.3 is 27.0 Å². The Morgan fingerprint density at radius 1 is 1.28 bits per heavy atom. The second-order valence-corrected chi connectivity index (χ2v) is 10.5. The van der Waals surface area contributed by atoms with Gasteiger partial charge in [-0.2, -0.15) is 0 Å². The van der Waals surface area contributed by atoms with Gasteiger partial charge in [0.1, 0.15) is 0 Å². The van der Waals surface area contributed by atoms with Gasteiger partial charge in [0.05, 0.1) is 0 Å². The maximum atomic E-state index is 4.76. The summed E-state index contributed by atoms with van der Waals surface area (Å²) in [5, 5.41) is 0. The number of rotatable bonds is 8. The van der Waals surface area contributed by atoms with Gasteiger partial charge in [0.15, 0.2) is 0 Å². The molecule has 1 atom stereocenters. The van der Waals surface area contributed by atoms with Crippen molar-refractivity contribution in [2.75, 3.05) is 0 Å². The van der Waals surface area contributed by atoms with Crippen molar-refractivity contribution in [1.29, 1.82) is 0 Å². The average Bonchev–Trinajstić information content (AvgIpc) is 2.33. The molecule has 0 aromatic carbocycles. The molecule has 0 aromatic rings. The van der Waals surface area contributed by atoms with Crippen LogP contribution in [-0.4, -0.2) is 8.07 Å². The van der Waals surface area contributed by atoms with Gasteiger partial charge in [-0.1, -0.05) is 71.7 Å². The van der Waals surface area contributed by atoms with Crippen LogP contribution < -0.4 is 0 Å². The molecular formula is C15H29ClSiZn. The molecule has 0 aliphatic heterocycles. The fraction of sp³-hybridized carbons (Fsp3) is 0.733. The molecule has 0 nitrogen and oxygen atoms in total. The van der Waals surface area contributed by atoms with E-state index in [1.165, 1.54) is 37.7 Å². The third-order valence-electron chi connectivity index (χ3n) is 2.74. The summed E-state index contributed by atoms with van der Waals surface area (Å²) in [5.74, 6) is 0.508. The monoisotopic (exact) mass is 336 g/mol. The van der Waals surface area contributed by atoms with Crippen LogP contribution >= 0.6 is 9.69 Å². The van der Waals surface area contributed by atoms with Crippen LogP contribution in [0.1, 0.15) is 46.0 Å².